The highest BCUT2D eigenvalue weighted by molar-refractivity contribution is 5.25. The number of piperidine rings is 1. The van der Waals surface area contributed by atoms with Gasteiger partial charge in [0.2, 0.25) is 0 Å². The lowest BCUT2D eigenvalue weighted by atomic mass is 9.81. The maximum absolute atomic E-state index is 14.0. The Labute approximate surface area is 161 Å². The summed E-state index contributed by atoms with van der Waals surface area (Å²) >= 11 is 0. The van der Waals surface area contributed by atoms with Crippen molar-refractivity contribution in [3.63, 3.8) is 0 Å². The van der Waals surface area contributed by atoms with E-state index in [1.165, 1.54) is 6.07 Å². The van der Waals surface area contributed by atoms with Gasteiger partial charge in [0.25, 0.3) is 0 Å². The second-order valence-electron chi connectivity index (χ2n) is 7.67. The molecule has 0 bridgehead atoms. The third-order valence-electron chi connectivity index (χ3n) is 5.87. The van der Waals surface area contributed by atoms with Gasteiger partial charge in [0, 0.05) is 37.2 Å². The Kier molecular flexibility index (Phi) is 5.66. The summed E-state index contributed by atoms with van der Waals surface area (Å²) in [6, 6.07) is 8.49. The summed E-state index contributed by atoms with van der Waals surface area (Å²) < 4.78 is 55.2. The lowest BCUT2D eigenvalue weighted by molar-refractivity contribution is 0.136. The van der Waals surface area contributed by atoms with Crippen LogP contribution < -0.4 is 10.9 Å². The van der Waals surface area contributed by atoms with E-state index in [1.807, 2.05) is 11.0 Å². The van der Waals surface area contributed by atoms with Crippen molar-refractivity contribution >= 4 is 0 Å². The molecule has 0 saturated carbocycles. The molecule has 3 unspecified atom stereocenters. The first-order valence-corrected chi connectivity index (χ1v) is 9.61. The predicted molar refractivity (Wildman–Crippen MR) is 98.4 cm³/mol. The van der Waals surface area contributed by atoms with Crippen LogP contribution >= 0.6 is 0 Å². The number of hydrogen-bond donors (Lipinski definition) is 2. The molecule has 28 heavy (non-hydrogen) atoms. The van der Waals surface area contributed by atoms with Crippen molar-refractivity contribution in [2.75, 3.05) is 19.6 Å². The Hall–Kier alpha value is -1.96. The molecule has 3 atom stereocenters. The summed E-state index contributed by atoms with van der Waals surface area (Å²) in [5.74, 6) is -2.78. The van der Waals surface area contributed by atoms with Crippen LogP contribution in [0.5, 0.6) is 0 Å². The Morgan fingerprint density at radius 2 is 1.86 bits per heavy atom. The maximum atomic E-state index is 14.0. The van der Waals surface area contributed by atoms with E-state index in [4.69, 9.17) is 0 Å². The van der Waals surface area contributed by atoms with Gasteiger partial charge >= 0.3 is 0 Å². The SMILES string of the molecule is Fc1cccc(C2CNNC2C2CCCN(Cc3c(F)ccc(F)c3F)C2)c1. The smallest absolute Gasteiger partial charge is 0.166 e. The Bertz CT molecular complexity index is 844. The first kappa shape index (κ1) is 19.4. The molecule has 2 aliphatic heterocycles. The molecule has 4 rings (SSSR count). The van der Waals surface area contributed by atoms with E-state index in [-0.39, 0.29) is 35.8 Å². The fourth-order valence-electron chi connectivity index (χ4n) is 4.49. The van der Waals surface area contributed by atoms with Gasteiger partial charge in [-0.15, -0.1) is 0 Å². The number of likely N-dealkylation sites (tertiary alicyclic amines) is 1. The molecule has 0 aliphatic carbocycles. The van der Waals surface area contributed by atoms with Crippen LogP contribution in [0.25, 0.3) is 0 Å². The molecule has 2 aliphatic rings. The number of hydrazine groups is 1. The molecule has 0 amide bonds. The minimum absolute atomic E-state index is 0.0384. The molecule has 150 valence electrons. The molecule has 7 heteroatoms. The molecule has 2 N–H and O–H groups in total. The average molecular weight is 393 g/mol. The van der Waals surface area contributed by atoms with Gasteiger partial charge in [-0.25, -0.2) is 17.6 Å². The maximum Gasteiger partial charge on any atom is 0.166 e. The highest BCUT2D eigenvalue weighted by atomic mass is 19.2. The van der Waals surface area contributed by atoms with Gasteiger partial charge < -0.3 is 0 Å². The van der Waals surface area contributed by atoms with Crippen LogP contribution in [0, 0.1) is 29.2 Å². The highest BCUT2D eigenvalue weighted by Gasteiger charge is 2.37. The molecule has 2 aromatic carbocycles. The predicted octanol–water partition coefficient (Wildman–Crippen LogP) is 3.72. The molecular formula is C21H23F4N3. The van der Waals surface area contributed by atoms with Crippen molar-refractivity contribution < 1.29 is 17.6 Å². The Morgan fingerprint density at radius 3 is 2.68 bits per heavy atom. The lowest BCUT2D eigenvalue weighted by Crippen LogP contribution is -2.46. The standard InChI is InChI=1S/C21H23F4N3/c22-15-5-1-3-13(9-15)16-10-26-27-21(16)14-4-2-8-28(11-14)12-17-18(23)6-7-19(24)20(17)25/h1,3,5-7,9,14,16,21,26-27H,2,4,8,10-12H2. The van der Waals surface area contributed by atoms with Crippen molar-refractivity contribution in [3.8, 4) is 0 Å². The molecule has 3 nitrogen and oxygen atoms in total. The summed E-state index contributed by atoms with van der Waals surface area (Å²) in [6.07, 6.45) is 1.85. The van der Waals surface area contributed by atoms with Crippen molar-refractivity contribution in [2.24, 2.45) is 5.92 Å². The zero-order valence-electron chi connectivity index (χ0n) is 15.4. The monoisotopic (exact) mass is 393 g/mol. The summed E-state index contributed by atoms with van der Waals surface area (Å²) in [5, 5.41) is 0. The van der Waals surface area contributed by atoms with Crippen LogP contribution in [0.1, 0.15) is 29.9 Å². The van der Waals surface area contributed by atoms with E-state index < -0.39 is 17.5 Å². The molecule has 2 heterocycles. The van der Waals surface area contributed by atoms with Crippen molar-refractivity contribution in [2.45, 2.75) is 31.3 Å². The molecule has 2 fully saturated rings. The third kappa shape index (κ3) is 3.92. The molecular weight excluding hydrogens is 370 g/mol. The van der Waals surface area contributed by atoms with Crippen LogP contribution in [0.3, 0.4) is 0 Å². The van der Waals surface area contributed by atoms with E-state index in [0.717, 1.165) is 30.5 Å². The van der Waals surface area contributed by atoms with Crippen LogP contribution in [0.15, 0.2) is 36.4 Å². The van der Waals surface area contributed by atoms with Gasteiger partial charge in [0.05, 0.1) is 0 Å². The average Bonchev–Trinajstić information content (AvgIpc) is 3.18. The van der Waals surface area contributed by atoms with E-state index in [0.29, 0.717) is 19.6 Å². The second kappa shape index (κ2) is 8.19. The van der Waals surface area contributed by atoms with Gasteiger partial charge in [-0.2, -0.15) is 0 Å². The van der Waals surface area contributed by atoms with E-state index >= 15 is 0 Å². The van der Waals surface area contributed by atoms with Gasteiger partial charge in [-0.3, -0.25) is 15.8 Å². The second-order valence-corrected chi connectivity index (χ2v) is 7.67. The highest BCUT2D eigenvalue weighted by Crippen LogP contribution is 2.32. The van der Waals surface area contributed by atoms with Gasteiger partial charge in [0.1, 0.15) is 11.6 Å². The molecule has 0 aromatic heterocycles. The van der Waals surface area contributed by atoms with Crippen molar-refractivity contribution in [3.05, 3.63) is 70.8 Å². The molecule has 2 aromatic rings. The first-order chi connectivity index (χ1) is 13.5. The summed E-state index contributed by atoms with van der Waals surface area (Å²) in [7, 11) is 0. The molecule has 2 saturated heterocycles. The Balaban J connectivity index is 1.49. The van der Waals surface area contributed by atoms with E-state index in [9.17, 15) is 17.6 Å². The van der Waals surface area contributed by atoms with Crippen LogP contribution in [-0.2, 0) is 6.54 Å². The number of nitrogens with one attached hydrogen (secondary N) is 2. The van der Waals surface area contributed by atoms with Gasteiger partial charge in [-0.05, 0) is 55.1 Å². The summed E-state index contributed by atoms with van der Waals surface area (Å²) in [6.45, 7) is 2.08. The Morgan fingerprint density at radius 1 is 1.04 bits per heavy atom. The lowest BCUT2D eigenvalue weighted by Gasteiger charge is -2.37. The first-order valence-electron chi connectivity index (χ1n) is 9.61. The van der Waals surface area contributed by atoms with Crippen LogP contribution in [0.2, 0.25) is 0 Å². The zero-order chi connectivity index (χ0) is 19.7. The number of nitrogens with zero attached hydrogens (tertiary/aromatic N) is 1. The number of rotatable bonds is 4. The van der Waals surface area contributed by atoms with E-state index in [1.54, 1.807) is 12.1 Å². The largest absolute Gasteiger partial charge is 0.299 e. The fourth-order valence-corrected chi connectivity index (χ4v) is 4.49. The van der Waals surface area contributed by atoms with Gasteiger partial charge in [0.15, 0.2) is 11.6 Å². The van der Waals surface area contributed by atoms with Crippen molar-refractivity contribution in [1.29, 1.82) is 0 Å². The molecule has 0 spiro atoms. The quantitative estimate of drug-likeness (QED) is 0.613. The number of hydrogen-bond acceptors (Lipinski definition) is 3. The van der Waals surface area contributed by atoms with Crippen molar-refractivity contribution in [1.82, 2.24) is 15.8 Å². The third-order valence-corrected chi connectivity index (χ3v) is 5.87. The minimum Gasteiger partial charge on any atom is -0.299 e. The van der Waals surface area contributed by atoms with Crippen LogP contribution in [0.4, 0.5) is 17.6 Å². The van der Waals surface area contributed by atoms with Crippen LogP contribution in [-0.4, -0.2) is 30.6 Å². The zero-order valence-corrected chi connectivity index (χ0v) is 15.4. The normalized spacial score (nSPS) is 25.9. The fraction of sp³-hybridized carbons (Fsp3) is 0.429. The number of halogens is 4. The molecule has 0 radical (unpaired) electrons. The number of benzene rings is 2. The summed E-state index contributed by atoms with van der Waals surface area (Å²) in [5.41, 5.74) is 7.18. The topological polar surface area (TPSA) is 27.3 Å². The minimum atomic E-state index is -1.11. The summed E-state index contributed by atoms with van der Waals surface area (Å²) in [4.78, 5) is 1.97. The van der Waals surface area contributed by atoms with E-state index in [2.05, 4.69) is 10.9 Å². The van der Waals surface area contributed by atoms with Gasteiger partial charge in [-0.1, -0.05) is 12.1 Å².